The number of pyridine rings is 1. The van der Waals surface area contributed by atoms with Crippen LogP contribution in [0.2, 0.25) is 0 Å². The Bertz CT molecular complexity index is 882. The molecule has 8 nitrogen and oxygen atoms in total. The molecule has 2 aromatic rings. The molecular formula is C23H31FN6O2. The Morgan fingerprint density at radius 1 is 1.19 bits per heavy atom. The van der Waals surface area contributed by atoms with Crippen LogP contribution in [0, 0.1) is 12.7 Å². The van der Waals surface area contributed by atoms with Crippen LogP contribution in [-0.2, 0) is 9.53 Å². The minimum atomic E-state index is -0.251. The lowest BCUT2D eigenvalue weighted by Gasteiger charge is -2.35. The van der Waals surface area contributed by atoms with Crippen molar-refractivity contribution in [1.29, 1.82) is 0 Å². The van der Waals surface area contributed by atoms with E-state index in [2.05, 4.69) is 30.8 Å². The van der Waals surface area contributed by atoms with Crippen LogP contribution in [0.15, 0.2) is 47.6 Å². The number of hydrogen-bond donors (Lipinski definition) is 3. The summed E-state index contributed by atoms with van der Waals surface area (Å²) in [6.45, 7) is 5.93. The predicted octanol–water partition coefficient (Wildman–Crippen LogP) is 2.10. The second-order valence-corrected chi connectivity index (χ2v) is 7.61. The molecule has 1 fully saturated rings. The van der Waals surface area contributed by atoms with Gasteiger partial charge >= 0.3 is 0 Å². The van der Waals surface area contributed by atoms with Crippen molar-refractivity contribution in [1.82, 2.24) is 20.5 Å². The summed E-state index contributed by atoms with van der Waals surface area (Å²) in [5.41, 5.74) is 2.07. The second-order valence-electron chi connectivity index (χ2n) is 7.61. The Kier molecular flexibility index (Phi) is 8.94. The first-order valence-electron chi connectivity index (χ1n) is 10.8. The molecule has 1 aliphatic rings. The molecular weight excluding hydrogens is 411 g/mol. The molecule has 0 bridgehead atoms. The van der Waals surface area contributed by atoms with Gasteiger partial charge in [-0.15, -0.1) is 0 Å². The summed E-state index contributed by atoms with van der Waals surface area (Å²) in [5, 5.41) is 9.28. The first-order chi connectivity index (χ1) is 15.5. The molecule has 3 rings (SSSR count). The Balaban J connectivity index is 1.49. The van der Waals surface area contributed by atoms with Crippen LogP contribution in [-0.4, -0.2) is 68.2 Å². The number of benzene rings is 1. The van der Waals surface area contributed by atoms with Crippen LogP contribution >= 0.6 is 0 Å². The van der Waals surface area contributed by atoms with Crippen LogP contribution in [0.5, 0.6) is 0 Å². The van der Waals surface area contributed by atoms with Gasteiger partial charge in [0.25, 0.3) is 0 Å². The summed E-state index contributed by atoms with van der Waals surface area (Å²) in [7, 11) is 1.69. The molecule has 1 aliphatic heterocycles. The van der Waals surface area contributed by atoms with Crippen molar-refractivity contribution >= 4 is 17.7 Å². The van der Waals surface area contributed by atoms with Gasteiger partial charge in [-0.25, -0.2) is 9.37 Å². The van der Waals surface area contributed by atoms with Crippen molar-refractivity contribution in [3.05, 3.63) is 59.5 Å². The van der Waals surface area contributed by atoms with E-state index in [1.54, 1.807) is 19.3 Å². The molecule has 9 heteroatoms. The largest absolute Gasteiger partial charge is 0.379 e. The fourth-order valence-electron chi connectivity index (χ4n) is 3.49. The maximum atomic E-state index is 13.4. The van der Waals surface area contributed by atoms with Gasteiger partial charge in [-0.1, -0.05) is 18.2 Å². The Morgan fingerprint density at radius 3 is 2.59 bits per heavy atom. The van der Waals surface area contributed by atoms with Gasteiger partial charge < -0.3 is 20.7 Å². The maximum Gasteiger partial charge on any atom is 0.227 e. The van der Waals surface area contributed by atoms with E-state index in [-0.39, 0.29) is 24.2 Å². The average molecular weight is 443 g/mol. The summed E-state index contributed by atoms with van der Waals surface area (Å²) in [5.74, 6) is 0.767. The van der Waals surface area contributed by atoms with Crippen molar-refractivity contribution in [3.8, 4) is 0 Å². The van der Waals surface area contributed by atoms with E-state index < -0.39 is 0 Å². The summed E-state index contributed by atoms with van der Waals surface area (Å²) < 4.78 is 18.9. The number of halogens is 1. The maximum absolute atomic E-state index is 13.4. The van der Waals surface area contributed by atoms with Gasteiger partial charge in [0.1, 0.15) is 11.6 Å². The molecule has 2 heterocycles. The Morgan fingerprint density at radius 2 is 1.94 bits per heavy atom. The summed E-state index contributed by atoms with van der Waals surface area (Å²) in [6, 6.07) is 10.3. The molecule has 1 unspecified atom stereocenters. The Hall–Kier alpha value is -3.04. The number of morpholine rings is 1. The van der Waals surface area contributed by atoms with Crippen LogP contribution in [0.4, 0.5) is 10.2 Å². The number of guanidine groups is 1. The number of aliphatic imine (C=N–C) groups is 1. The lowest BCUT2D eigenvalue weighted by Crippen LogP contribution is -2.46. The van der Waals surface area contributed by atoms with E-state index in [4.69, 9.17) is 4.74 Å². The third-order valence-corrected chi connectivity index (χ3v) is 5.25. The number of nitrogens with one attached hydrogen (secondary N) is 3. The van der Waals surface area contributed by atoms with Crippen molar-refractivity contribution in [2.24, 2.45) is 4.99 Å². The molecule has 0 spiro atoms. The minimum absolute atomic E-state index is 0.0500. The van der Waals surface area contributed by atoms with Crippen molar-refractivity contribution in [2.75, 3.05) is 51.8 Å². The summed E-state index contributed by atoms with van der Waals surface area (Å²) in [4.78, 5) is 22.9. The highest BCUT2D eigenvalue weighted by atomic mass is 19.1. The zero-order chi connectivity index (χ0) is 22.8. The highest BCUT2D eigenvalue weighted by molar-refractivity contribution is 5.90. The van der Waals surface area contributed by atoms with Crippen LogP contribution in [0.25, 0.3) is 0 Å². The number of ether oxygens (including phenoxy) is 1. The van der Waals surface area contributed by atoms with Gasteiger partial charge in [0, 0.05) is 45.8 Å². The molecule has 0 aliphatic carbocycles. The first-order valence-corrected chi connectivity index (χ1v) is 10.8. The number of hydrogen-bond acceptors (Lipinski definition) is 5. The smallest absolute Gasteiger partial charge is 0.227 e. The molecule has 0 radical (unpaired) electrons. The van der Waals surface area contributed by atoms with Crippen LogP contribution < -0.4 is 16.0 Å². The van der Waals surface area contributed by atoms with E-state index in [0.717, 1.165) is 24.2 Å². The van der Waals surface area contributed by atoms with Crippen molar-refractivity contribution < 1.29 is 13.9 Å². The summed E-state index contributed by atoms with van der Waals surface area (Å²) in [6.07, 6.45) is 1.99. The van der Waals surface area contributed by atoms with Gasteiger partial charge in [0.15, 0.2) is 5.96 Å². The molecule has 172 valence electrons. The number of carbonyl (C=O) groups is 1. The molecule has 3 N–H and O–H groups in total. The standard InChI is InChI=1S/C23H31FN6O2/c1-17-3-8-21(27-15-17)29-22(31)9-10-26-23(25-2)28-16-20(30-11-13-32-14-12-30)18-4-6-19(24)7-5-18/h3-8,15,20H,9-14,16H2,1-2H3,(H2,25,26,28)(H,27,29,31). The predicted molar refractivity (Wildman–Crippen MR) is 123 cm³/mol. The summed E-state index contributed by atoms with van der Waals surface area (Å²) >= 11 is 0. The molecule has 1 saturated heterocycles. The number of carbonyl (C=O) groups excluding carboxylic acids is 1. The van der Waals surface area contributed by atoms with Gasteiger partial charge in [0.05, 0.1) is 19.3 Å². The molecule has 0 saturated carbocycles. The fourth-order valence-corrected chi connectivity index (χ4v) is 3.49. The molecule has 1 aromatic carbocycles. The molecule has 32 heavy (non-hydrogen) atoms. The SMILES string of the molecule is CN=C(NCCC(=O)Nc1ccc(C)cn1)NCC(c1ccc(F)cc1)N1CCOCC1. The number of aromatic nitrogens is 1. The lowest BCUT2D eigenvalue weighted by molar-refractivity contribution is -0.116. The van der Waals surface area contributed by atoms with Crippen LogP contribution in [0.1, 0.15) is 23.6 Å². The van der Waals surface area contributed by atoms with E-state index in [9.17, 15) is 9.18 Å². The van der Waals surface area contributed by atoms with Crippen molar-refractivity contribution in [2.45, 2.75) is 19.4 Å². The quantitative estimate of drug-likeness (QED) is 0.429. The lowest BCUT2D eigenvalue weighted by atomic mass is 10.0. The third-order valence-electron chi connectivity index (χ3n) is 5.25. The normalized spacial score (nSPS) is 15.8. The molecule has 1 amide bonds. The van der Waals surface area contributed by atoms with Gasteiger partial charge in [-0.2, -0.15) is 0 Å². The number of amides is 1. The second kappa shape index (κ2) is 12.1. The topological polar surface area (TPSA) is 90.9 Å². The first kappa shape index (κ1) is 23.6. The molecule has 1 atom stereocenters. The average Bonchev–Trinajstić information content (AvgIpc) is 2.81. The van der Waals surface area contributed by atoms with E-state index in [1.165, 1.54) is 12.1 Å². The van der Waals surface area contributed by atoms with E-state index in [0.29, 0.717) is 38.1 Å². The van der Waals surface area contributed by atoms with Crippen molar-refractivity contribution in [3.63, 3.8) is 0 Å². The third kappa shape index (κ3) is 7.28. The monoisotopic (exact) mass is 442 g/mol. The van der Waals surface area contributed by atoms with E-state index in [1.807, 2.05) is 25.1 Å². The van der Waals surface area contributed by atoms with E-state index >= 15 is 0 Å². The zero-order valence-electron chi connectivity index (χ0n) is 18.6. The number of nitrogens with zero attached hydrogens (tertiary/aromatic N) is 3. The molecule has 1 aromatic heterocycles. The minimum Gasteiger partial charge on any atom is -0.379 e. The number of anilines is 1. The highest BCUT2D eigenvalue weighted by Crippen LogP contribution is 2.21. The van der Waals surface area contributed by atoms with Gasteiger partial charge in [0.2, 0.25) is 5.91 Å². The van der Waals surface area contributed by atoms with Gasteiger partial charge in [-0.05, 0) is 36.2 Å². The van der Waals surface area contributed by atoms with Crippen LogP contribution in [0.3, 0.4) is 0 Å². The highest BCUT2D eigenvalue weighted by Gasteiger charge is 2.23. The fraction of sp³-hybridized carbons (Fsp3) is 0.435. The zero-order valence-corrected chi connectivity index (χ0v) is 18.6. The Labute approximate surface area is 188 Å². The number of aryl methyl sites for hydroxylation is 1. The van der Waals surface area contributed by atoms with Gasteiger partial charge in [-0.3, -0.25) is 14.7 Å². The number of rotatable bonds is 8.